The minimum Gasteiger partial charge on any atom is -0.493 e. The van der Waals surface area contributed by atoms with E-state index < -0.39 is 28.6 Å². The van der Waals surface area contributed by atoms with Crippen molar-refractivity contribution in [2.75, 3.05) is 14.2 Å². The van der Waals surface area contributed by atoms with E-state index in [9.17, 15) is 19.7 Å². The van der Waals surface area contributed by atoms with E-state index >= 15 is 0 Å². The third-order valence-electron chi connectivity index (χ3n) is 6.31. The smallest absolute Gasteiger partial charge is 0.346 e. The minimum absolute atomic E-state index is 0.00577. The Morgan fingerprint density at radius 3 is 2.40 bits per heavy atom. The molecule has 0 radical (unpaired) electrons. The van der Waals surface area contributed by atoms with E-state index in [1.165, 1.54) is 39.5 Å². The number of nitro benzene ring substituents is 1. The fourth-order valence-corrected chi connectivity index (χ4v) is 4.20. The van der Waals surface area contributed by atoms with Gasteiger partial charge in [0.1, 0.15) is 18.1 Å². The number of methoxy groups -OCH3 is 2. The molecule has 13 nitrogen and oxygen atoms in total. The van der Waals surface area contributed by atoms with Crippen molar-refractivity contribution in [3.63, 3.8) is 0 Å². The summed E-state index contributed by atoms with van der Waals surface area (Å²) in [5, 5.41) is 15.5. The lowest BCUT2D eigenvalue weighted by Crippen LogP contribution is -2.25. The average Bonchev–Trinajstić information content (AvgIpc) is 3.62. The standard InChI is InChI=1S/C30H30N4O9/c1-18-6-7-19(2)33(18)22-8-10-23(11-9-22)41-17-24-12-13-26(43-24)29(35)32-31-16-21-14-25(34(37)38)28(27(15-21)39-4)42-20(3)30(36)40-5/h6-16,20H,17H2,1-5H3,(H,32,35)/b31-16+/t20-/m1/s1. The molecule has 0 saturated carbocycles. The number of nitrogens with zero attached hydrogens (tertiary/aromatic N) is 3. The van der Waals surface area contributed by atoms with Gasteiger partial charge in [0.2, 0.25) is 5.75 Å². The summed E-state index contributed by atoms with van der Waals surface area (Å²) in [5.41, 5.74) is 5.35. The largest absolute Gasteiger partial charge is 0.493 e. The van der Waals surface area contributed by atoms with Crippen LogP contribution in [0.1, 0.15) is 40.2 Å². The fraction of sp³-hybridized carbons (Fsp3) is 0.233. The summed E-state index contributed by atoms with van der Waals surface area (Å²) in [6.45, 7) is 5.57. The van der Waals surface area contributed by atoms with Gasteiger partial charge in [0, 0.05) is 28.7 Å². The van der Waals surface area contributed by atoms with Crippen molar-refractivity contribution >= 4 is 23.8 Å². The maximum absolute atomic E-state index is 12.5. The first-order valence-electron chi connectivity index (χ1n) is 13.0. The molecule has 4 aromatic rings. The van der Waals surface area contributed by atoms with Gasteiger partial charge in [-0.3, -0.25) is 14.9 Å². The molecule has 0 aliphatic heterocycles. The molecule has 2 aromatic heterocycles. The molecule has 0 unspecified atom stereocenters. The normalized spacial score (nSPS) is 11.7. The van der Waals surface area contributed by atoms with Crippen molar-refractivity contribution < 1.29 is 37.9 Å². The van der Waals surface area contributed by atoms with Gasteiger partial charge in [-0.25, -0.2) is 10.2 Å². The van der Waals surface area contributed by atoms with Crippen molar-refractivity contribution in [3.05, 3.63) is 99.2 Å². The molecule has 0 fully saturated rings. The van der Waals surface area contributed by atoms with E-state index in [0.717, 1.165) is 23.1 Å². The molecule has 1 amide bonds. The van der Waals surface area contributed by atoms with Crippen molar-refractivity contribution in [1.82, 2.24) is 9.99 Å². The molecular formula is C30H30N4O9. The second-order valence-corrected chi connectivity index (χ2v) is 9.31. The molecule has 0 aliphatic carbocycles. The first-order valence-corrected chi connectivity index (χ1v) is 13.0. The molecule has 0 bridgehead atoms. The van der Waals surface area contributed by atoms with Crippen molar-refractivity contribution in [3.8, 4) is 22.9 Å². The van der Waals surface area contributed by atoms with E-state index in [0.29, 0.717) is 11.5 Å². The highest BCUT2D eigenvalue weighted by Crippen LogP contribution is 2.38. The number of hydrogen-bond acceptors (Lipinski definition) is 10. The number of hydrazone groups is 1. The molecule has 1 atom stereocenters. The van der Waals surface area contributed by atoms with E-state index in [1.807, 2.05) is 38.1 Å². The van der Waals surface area contributed by atoms with Crippen molar-refractivity contribution in [2.24, 2.45) is 5.10 Å². The van der Waals surface area contributed by atoms with Gasteiger partial charge in [-0.1, -0.05) is 0 Å². The zero-order valence-electron chi connectivity index (χ0n) is 24.2. The number of furan rings is 1. The van der Waals surface area contributed by atoms with Crippen LogP contribution in [-0.2, 0) is 16.1 Å². The highest BCUT2D eigenvalue weighted by atomic mass is 16.6. The maximum Gasteiger partial charge on any atom is 0.346 e. The van der Waals surface area contributed by atoms with Crippen LogP contribution >= 0.6 is 0 Å². The van der Waals surface area contributed by atoms with E-state index in [4.69, 9.17) is 18.6 Å². The number of benzene rings is 2. The van der Waals surface area contributed by atoms with Gasteiger partial charge in [0.05, 0.1) is 25.4 Å². The number of carbonyl (C=O) groups is 2. The maximum atomic E-state index is 12.5. The Hall–Kier alpha value is -5.59. The SMILES string of the molecule is COC(=O)[C@@H](C)Oc1c(OC)cc(/C=N/NC(=O)c2ccc(COc3ccc(-n4c(C)ccc4C)cc3)o2)cc1[N+](=O)[O-]. The molecule has 4 rings (SSSR count). The van der Waals surface area contributed by atoms with E-state index in [1.54, 1.807) is 6.07 Å². The lowest BCUT2D eigenvalue weighted by molar-refractivity contribution is -0.386. The Balaban J connectivity index is 1.37. The Morgan fingerprint density at radius 2 is 1.77 bits per heavy atom. The van der Waals surface area contributed by atoms with E-state index in [2.05, 4.69) is 32.0 Å². The van der Waals surface area contributed by atoms with Crippen LogP contribution in [0.4, 0.5) is 5.69 Å². The Bertz CT molecular complexity index is 1630. The molecule has 2 heterocycles. The van der Waals surface area contributed by atoms with Gasteiger partial charge in [0.25, 0.3) is 0 Å². The van der Waals surface area contributed by atoms with Crippen LogP contribution in [0.25, 0.3) is 5.69 Å². The average molecular weight is 591 g/mol. The van der Waals surface area contributed by atoms with Gasteiger partial charge in [-0.2, -0.15) is 5.10 Å². The zero-order chi connectivity index (χ0) is 31.1. The molecule has 0 saturated heterocycles. The minimum atomic E-state index is -1.12. The van der Waals surface area contributed by atoms with Crippen LogP contribution in [-0.4, -0.2) is 47.9 Å². The quantitative estimate of drug-likeness (QED) is 0.105. The molecule has 0 spiro atoms. The lowest BCUT2D eigenvalue weighted by Gasteiger charge is -2.15. The topological polar surface area (TPSA) is 157 Å². The number of ether oxygens (including phenoxy) is 4. The predicted octanol–water partition coefficient (Wildman–Crippen LogP) is 4.89. The number of carbonyl (C=O) groups excluding carboxylic acids is 2. The van der Waals surface area contributed by atoms with Crippen LogP contribution in [0.15, 0.2) is 70.2 Å². The summed E-state index contributed by atoms with van der Waals surface area (Å²) in [6.07, 6.45) is 0.0677. The highest BCUT2D eigenvalue weighted by molar-refractivity contribution is 5.92. The third-order valence-corrected chi connectivity index (χ3v) is 6.31. The fourth-order valence-electron chi connectivity index (χ4n) is 4.20. The Labute approximate surface area is 246 Å². The van der Waals surface area contributed by atoms with Gasteiger partial charge < -0.3 is 27.9 Å². The van der Waals surface area contributed by atoms with E-state index in [-0.39, 0.29) is 29.4 Å². The summed E-state index contributed by atoms with van der Waals surface area (Å²) in [5.74, 6) is -0.570. The lowest BCUT2D eigenvalue weighted by atomic mass is 10.2. The molecule has 43 heavy (non-hydrogen) atoms. The number of aryl methyl sites for hydroxylation is 2. The molecule has 0 aliphatic rings. The van der Waals surface area contributed by atoms with Gasteiger partial charge in [-0.15, -0.1) is 0 Å². The Morgan fingerprint density at radius 1 is 1.07 bits per heavy atom. The van der Waals surface area contributed by atoms with Crippen LogP contribution in [0.3, 0.4) is 0 Å². The number of hydrogen-bond donors (Lipinski definition) is 1. The summed E-state index contributed by atoms with van der Waals surface area (Å²) in [6, 6.07) is 17.4. The second kappa shape index (κ2) is 13.4. The molecule has 13 heteroatoms. The summed E-state index contributed by atoms with van der Waals surface area (Å²) < 4.78 is 28.8. The number of nitro groups is 1. The first kappa shape index (κ1) is 30.4. The highest BCUT2D eigenvalue weighted by Gasteiger charge is 2.26. The Kier molecular flexibility index (Phi) is 9.45. The molecule has 1 N–H and O–H groups in total. The molecule has 224 valence electrons. The number of esters is 1. The summed E-state index contributed by atoms with van der Waals surface area (Å²) in [7, 11) is 2.46. The predicted molar refractivity (Wildman–Crippen MR) is 155 cm³/mol. The number of aromatic nitrogens is 1. The first-order chi connectivity index (χ1) is 20.6. The van der Waals surface area contributed by atoms with Crippen molar-refractivity contribution in [2.45, 2.75) is 33.5 Å². The third kappa shape index (κ3) is 7.19. The molecular weight excluding hydrogens is 560 g/mol. The number of nitrogens with one attached hydrogen (secondary N) is 1. The van der Waals surface area contributed by atoms with Crippen LogP contribution < -0.4 is 19.6 Å². The number of amides is 1. The second-order valence-electron chi connectivity index (χ2n) is 9.31. The summed E-state index contributed by atoms with van der Waals surface area (Å²) >= 11 is 0. The van der Waals surface area contributed by atoms with Crippen LogP contribution in [0.2, 0.25) is 0 Å². The van der Waals surface area contributed by atoms with Gasteiger partial charge >= 0.3 is 17.6 Å². The zero-order valence-corrected chi connectivity index (χ0v) is 24.2. The van der Waals surface area contributed by atoms with Crippen molar-refractivity contribution in [1.29, 1.82) is 0 Å². The monoisotopic (exact) mass is 590 g/mol. The van der Waals surface area contributed by atoms with Crippen LogP contribution in [0.5, 0.6) is 17.2 Å². The van der Waals surface area contributed by atoms with Gasteiger partial charge in [-0.05, 0) is 75.4 Å². The van der Waals surface area contributed by atoms with Crippen LogP contribution in [0, 0.1) is 24.0 Å². The number of rotatable bonds is 12. The molecule has 2 aromatic carbocycles. The van der Waals surface area contributed by atoms with Gasteiger partial charge in [0.15, 0.2) is 17.6 Å². The summed E-state index contributed by atoms with van der Waals surface area (Å²) in [4.78, 5) is 35.2.